The van der Waals surface area contributed by atoms with Crippen LogP contribution in [0.5, 0.6) is 0 Å². The van der Waals surface area contributed by atoms with Gasteiger partial charge in [-0.15, -0.1) is 11.3 Å². The Balaban J connectivity index is 2.28. The van der Waals surface area contributed by atoms with Gasteiger partial charge in [-0.3, -0.25) is 4.68 Å². The van der Waals surface area contributed by atoms with Gasteiger partial charge in [0.2, 0.25) is 0 Å². The van der Waals surface area contributed by atoms with Gasteiger partial charge < -0.3 is 5.73 Å². The smallest absolute Gasteiger partial charge is 0.126 e. The SMILES string of the molecule is CC(C)n1cc(-c2ncc(CN)s2)cn1. The van der Waals surface area contributed by atoms with E-state index in [0.29, 0.717) is 12.6 Å². The maximum atomic E-state index is 5.54. The van der Waals surface area contributed by atoms with Gasteiger partial charge in [0, 0.05) is 35.4 Å². The average molecular weight is 222 g/mol. The highest BCUT2D eigenvalue weighted by Gasteiger charge is 2.07. The molecule has 80 valence electrons. The van der Waals surface area contributed by atoms with Crippen LogP contribution in [0.25, 0.3) is 10.6 Å². The van der Waals surface area contributed by atoms with Crippen molar-refractivity contribution in [2.24, 2.45) is 5.73 Å². The highest BCUT2D eigenvalue weighted by molar-refractivity contribution is 7.15. The molecule has 2 rings (SSSR count). The molecule has 0 saturated carbocycles. The van der Waals surface area contributed by atoms with Crippen LogP contribution in [0.4, 0.5) is 0 Å². The number of hydrogen-bond acceptors (Lipinski definition) is 4. The first-order chi connectivity index (χ1) is 7.20. The number of nitrogens with zero attached hydrogens (tertiary/aromatic N) is 3. The summed E-state index contributed by atoms with van der Waals surface area (Å²) in [5, 5.41) is 5.27. The molecule has 0 fully saturated rings. The number of aromatic nitrogens is 3. The lowest BCUT2D eigenvalue weighted by Gasteiger charge is -2.02. The predicted octanol–water partition coefficient (Wildman–Crippen LogP) is 2.05. The van der Waals surface area contributed by atoms with Gasteiger partial charge in [0.05, 0.1) is 6.20 Å². The lowest BCUT2D eigenvalue weighted by Crippen LogP contribution is -1.99. The minimum atomic E-state index is 0.382. The van der Waals surface area contributed by atoms with E-state index in [1.54, 1.807) is 11.3 Å². The molecule has 2 N–H and O–H groups in total. The molecule has 2 aromatic heterocycles. The zero-order chi connectivity index (χ0) is 10.8. The summed E-state index contributed by atoms with van der Waals surface area (Å²) >= 11 is 1.62. The molecule has 0 spiro atoms. The van der Waals surface area contributed by atoms with Gasteiger partial charge in [0.1, 0.15) is 5.01 Å². The molecule has 0 aromatic carbocycles. The van der Waals surface area contributed by atoms with Gasteiger partial charge in [-0.05, 0) is 13.8 Å². The van der Waals surface area contributed by atoms with Crippen LogP contribution in [0.3, 0.4) is 0 Å². The van der Waals surface area contributed by atoms with Crippen LogP contribution in [-0.2, 0) is 6.54 Å². The Morgan fingerprint density at radius 3 is 2.80 bits per heavy atom. The van der Waals surface area contributed by atoms with Crippen LogP contribution < -0.4 is 5.73 Å². The van der Waals surface area contributed by atoms with E-state index < -0.39 is 0 Å². The number of thiazole rings is 1. The second-order valence-electron chi connectivity index (χ2n) is 3.64. The van der Waals surface area contributed by atoms with Gasteiger partial charge in [-0.1, -0.05) is 0 Å². The van der Waals surface area contributed by atoms with E-state index in [1.807, 2.05) is 23.3 Å². The van der Waals surface area contributed by atoms with Gasteiger partial charge in [-0.2, -0.15) is 5.10 Å². The standard InChI is InChI=1S/C10H14N4S/c1-7(2)14-6-8(4-13-14)10-12-5-9(3-11)15-10/h4-7H,3,11H2,1-2H3. The lowest BCUT2D eigenvalue weighted by atomic mass is 10.4. The summed E-state index contributed by atoms with van der Waals surface area (Å²) in [4.78, 5) is 5.41. The summed E-state index contributed by atoms with van der Waals surface area (Å²) < 4.78 is 1.93. The van der Waals surface area contributed by atoms with Crippen molar-refractivity contribution >= 4 is 11.3 Å². The molecule has 0 radical (unpaired) electrons. The molecule has 0 aliphatic rings. The molecule has 0 amide bonds. The number of hydrogen-bond donors (Lipinski definition) is 1. The third kappa shape index (κ3) is 2.08. The minimum Gasteiger partial charge on any atom is -0.326 e. The summed E-state index contributed by atoms with van der Waals surface area (Å²) in [5.74, 6) is 0. The molecule has 0 aliphatic carbocycles. The first kappa shape index (κ1) is 10.3. The van der Waals surface area contributed by atoms with E-state index >= 15 is 0 Å². The molecule has 0 bridgehead atoms. The zero-order valence-electron chi connectivity index (χ0n) is 8.84. The van der Waals surface area contributed by atoms with Crippen LogP contribution in [0.15, 0.2) is 18.6 Å². The molecule has 0 atom stereocenters. The normalized spacial score (nSPS) is 11.2. The molecule has 0 aliphatic heterocycles. The minimum absolute atomic E-state index is 0.382. The van der Waals surface area contributed by atoms with Crippen molar-refractivity contribution in [1.29, 1.82) is 0 Å². The second kappa shape index (κ2) is 4.12. The predicted molar refractivity (Wildman–Crippen MR) is 61.6 cm³/mol. The molecule has 0 saturated heterocycles. The molecular weight excluding hydrogens is 208 g/mol. The average Bonchev–Trinajstić information content (AvgIpc) is 2.86. The van der Waals surface area contributed by atoms with Crippen molar-refractivity contribution in [3.8, 4) is 10.6 Å². The van der Waals surface area contributed by atoms with Crippen LogP contribution in [0.2, 0.25) is 0 Å². The van der Waals surface area contributed by atoms with E-state index in [2.05, 4.69) is 23.9 Å². The molecular formula is C10H14N4S. The Hall–Kier alpha value is -1.20. The quantitative estimate of drug-likeness (QED) is 0.864. The van der Waals surface area contributed by atoms with Gasteiger partial charge >= 0.3 is 0 Å². The number of nitrogens with two attached hydrogens (primary N) is 1. The fraction of sp³-hybridized carbons (Fsp3) is 0.400. The van der Waals surface area contributed by atoms with E-state index in [1.165, 1.54) is 0 Å². The number of rotatable bonds is 3. The van der Waals surface area contributed by atoms with Crippen molar-refractivity contribution < 1.29 is 0 Å². The molecule has 5 heteroatoms. The Morgan fingerprint density at radius 1 is 1.47 bits per heavy atom. The summed E-state index contributed by atoms with van der Waals surface area (Å²) in [6, 6.07) is 0.382. The van der Waals surface area contributed by atoms with Gasteiger partial charge in [-0.25, -0.2) is 4.98 Å². The van der Waals surface area contributed by atoms with E-state index in [4.69, 9.17) is 5.73 Å². The van der Waals surface area contributed by atoms with Crippen LogP contribution in [0.1, 0.15) is 24.8 Å². The zero-order valence-corrected chi connectivity index (χ0v) is 9.66. The molecule has 15 heavy (non-hydrogen) atoms. The van der Waals surface area contributed by atoms with E-state index in [-0.39, 0.29) is 0 Å². The molecule has 0 unspecified atom stereocenters. The first-order valence-corrected chi connectivity index (χ1v) is 5.71. The fourth-order valence-corrected chi connectivity index (χ4v) is 2.03. The Bertz CT molecular complexity index is 444. The van der Waals surface area contributed by atoms with Gasteiger partial charge in [0.15, 0.2) is 0 Å². The van der Waals surface area contributed by atoms with E-state index in [9.17, 15) is 0 Å². The van der Waals surface area contributed by atoms with Crippen molar-refractivity contribution in [3.05, 3.63) is 23.5 Å². The Morgan fingerprint density at radius 2 is 2.27 bits per heavy atom. The van der Waals surface area contributed by atoms with Crippen molar-refractivity contribution in [1.82, 2.24) is 14.8 Å². The Labute approximate surface area is 92.8 Å². The maximum absolute atomic E-state index is 5.54. The highest BCUT2D eigenvalue weighted by Crippen LogP contribution is 2.24. The summed E-state index contributed by atoms with van der Waals surface area (Å²) in [5.41, 5.74) is 6.61. The third-order valence-corrected chi connectivity index (χ3v) is 3.20. The molecule has 2 heterocycles. The highest BCUT2D eigenvalue weighted by atomic mass is 32.1. The van der Waals surface area contributed by atoms with Crippen molar-refractivity contribution in [3.63, 3.8) is 0 Å². The lowest BCUT2D eigenvalue weighted by molar-refractivity contribution is 0.532. The topological polar surface area (TPSA) is 56.7 Å². The summed E-state index contributed by atoms with van der Waals surface area (Å²) in [6.07, 6.45) is 5.69. The summed E-state index contributed by atoms with van der Waals surface area (Å²) in [7, 11) is 0. The first-order valence-electron chi connectivity index (χ1n) is 4.90. The van der Waals surface area contributed by atoms with Crippen LogP contribution in [0, 0.1) is 0 Å². The molecule has 2 aromatic rings. The molecule has 4 nitrogen and oxygen atoms in total. The second-order valence-corrected chi connectivity index (χ2v) is 4.75. The Kier molecular flexibility index (Phi) is 2.83. The van der Waals surface area contributed by atoms with Crippen LogP contribution in [-0.4, -0.2) is 14.8 Å². The van der Waals surface area contributed by atoms with Gasteiger partial charge in [0.25, 0.3) is 0 Å². The van der Waals surface area contributed by atoms with Crippen molar-refractivity contribution in [2.75, 3.05) is 0 Å². The maximum Gasteiger partial charge on any atom is 0.126 e. The summed E-state index contributed by atoms with van der Waals surface area (Å²) in [6.45, 7) is 4.75. The van der Waals surface area contributed by atoms with Crippen molar-refractivity contribution in [2.45, 2.75) is 26.4 Å². The fourth-order valence-electron chi connectivity index (χ4n) is 1.27. The van der Waals surface area contributed by atoms with Crippen LogP contribution >= 0.6 is 11.3 Å². The third-order valence-electron chi connectivity index (χ3n) is 2.13. The van der Waals surface area contributed by atoms with E-state index in [0.717, 1.165) is 15.4 Å². The monoisotopic (exact) mass is 222 g/mol. The largest absolute Gasteiger partial charge is 0.326 e.